The second-order valence-corrected chi connectivity index (χ2v) is 7.08. The number of carbonyl (C=O) groups is 3. The summed E-state index contributed by atoms with van der Waals surface area (Å²) < 4.78 is 20.8. The Balaban J connectivity index is 2.25. The van der Waals surface area contributed by atoms with E-state index in [0.717, 1.165) is 16.7 Å². The third kappa shape index (κ3) is 6.12. The Labute approximate surface area is 178 Å². The lowest BCUT2D eigenvalue weighted by molar-refractivity contribution is -0.145. The number of thioether (sulfide) groups is 1. The number of halogens is 1. The van der Waals surface area contributed by atoms with Crippen molar-refractivity contribution in [1.29, 1.82) is 0 Å². The molecular formula is C19H22ClNO7S. The summed E-state index contributed by atoms with van der Waals surface area (Å²) in [7, 11) is 1.50. The van der Waals surface area contributed by atoms with Crippen LogP contribution in [0.3, 0.4) is 0 Å². The quantitative estimate of drug-likeness (QED) is 0.401. The zero-order valence-corrected chi connectivity index (χ0v) is 17.9. The Bertz CT molecular complexity index is 812. The number of nitrogens with zero attached hydrogens (tertiary/aromatic N) is 1. The summed E-state index contributed by atoms with van der Waals surface area (Å²) in [6.45, 7) is 4.20. The molecule has 158 valence electrons. The normalized spacial score (nSPS) is 15.2. The van der Waals surface area contributed by atoms with Crippen LogP contribution in [-0.4, -0.2) is 62.1 Å². The van der Waals surface area contributed by atoms with Gasteiger partial charge in [-0.05, 0) is 49.4 Å². The fraction of sp³-hybridized carbons (Fsp3) is 0.421. The number of esters is 1. The fourth-order valence-corrected chi connectivity index (χ4v) is 3.57. The fourth-order valence-electron chi connectivity index (χ4n) is 2.43. The van der Waals surface area contributed by atoms with Crippen molar-refractivity contribution >= 4 is 46.6 Å². The number of ether oxygens (including phenoxy) is 4. The van der Waals surface area contributed by atoms with Gasteiger partial charge in [0.05, 0.1) is 36.3 Å². The highest BCUT2D eigenvalue weighted by atomic mass is 35.5. The minimum Gasteiger partial charge on any atom is -0.490 e. The van der Waals surface area contributed by atoms with Crippen molar-refractivity contribution in [3.8, 4) is 11.5 Å². The first-order valence-electron chi connectivity index (χ1n) is 8.90. The molecule has 0 atom stereocenters. The van der Waals surface area contributed by atoms with E-state index < -0.39 is 11.9 Å². The van der Waals surface area contributed by atoms with Gasteiger partial charge in [-0.2, -0.15) is 0 Å². The highest BCUT2D eigenvalue weighted by Crippen LogP contribution is 2.39. The van der Waals surface area contributed by atoms with E-state index in [1.807, 2.05) is 0 Å². The summed E-state index contributed by atoms with van der Waals surface area (Å²) in [4.78, 5) is 37.4. The largest absolute Gasteiger partial charge is 0.490 e. The van der Waals surface area contributed by atoms with Gasteiger partial charge in [-0.3, -0.25) is 14.5 Å². The highest BCUT2D eigenvalue weighted by molar-refractivity contribution is 8.18. The molecule has 10 heteroatoms. The van der Waals surface area contributed by atoms with Crippen LogP contribution in [0.2, 0.25) is 5.02 Å². The topological polar surface area (TPSA) is 91.4 Å². The molecule has 0 aliphatic carbocycles. The van der Waals surface area contributed by atoms with Gasteiger partial charge in [0.2, 0.25) is 0 Å². The van der Waals surface area contributed by atoms with Gasteiger partial charge in [0, 0.05) is 7.11 Å². The van der Waals surface area contributed by atoms with Crippen molar-refractivity contribution in [2.24, 2.45) is 0 Å². The molecule has 1 aliphatic rings. The number of hydrogen-bond donors (Lipinski definition) is 0. The highest BCUT2D eigenvalue weighted by Gasteiger charge is 2.34. The van der Waals surface area contributed by atoms with Crippen LogP contribution in [0.15, 0.2) is 17.0 Å². The predicted octanol–water partition coefficient (Wildman–Crippen LogP) is 3.36. The number of amides is 2. The molecule has 2 amide bonds. The molecule has 1 aromatic rings. The SMILES string of the molecule is CCOC(=O)COc1c(Cl)cc(/C=C2/SC(=O)N(CCOC)C2=O)cc1OCC. The maximum atomic E-state index is 12.4. The Morgan fingerprint density at radius 3 is 2.62 bits per heavy atom. The van der Waals surface area contributed by atoms with Gasteiger partial charge < -0.3 is 18.9 Å². The maximum Gasteiger partial charge on any atom is 0.344 e. The zero-order chi connectivity index (χ0) is 21.4. The molecule has 1 heterocycles. The van der Waals surface area contributed by atoms with Crippen LogP contribution in [0.25, 0.3) is 6.08 Å². The lowest BCUT2D eigenvalue weighted by atomic mass is 10.1. The van der Waals surface area contributed by atoms with E-state index in [-0.39, 0.29) is 47.3 Å². The molecule has 0 spiro atoms. The molecule has 2 rings (SSSR count). The van der Waals surface area contributed by atoms with E-state index in [4.69, 9.17) is 30.5 Å². The van der Waals surface area contributed by atoms with Crippen molar-refractivity contribution in [2.75, 3.05) is 40.1 Å². The summed E-state index contributed by atoms with van der Waals surface area (Å²) >= 11 is 7.15. The molecule has 0 aromatic heterocycles. The molecule has 0 bridgehead atoms. The molecule has 1 aromatic carbocycles. The Morgan fingerprint density at radius 1 is 1.21 bits per heavy atom. The van der Waals surface area contributed by atoms with Crippen LogP contribution in [0.4, 0.5) is 4.79 Å². The van der Waals surface area contributed by atoms with Crippen LogP contribution >= 0.6 is 23.4 Å². The van der Waals surface area contributed by atoms with E-state index in [1.54, 1.807) is 32.1 Å². The lowest BCUT2D eigenvalue weighted by Gasteiger charge is -2.14. The van der Waals surface area contributed by atoms with Gasteiger partial charge in [0.25, 0.3) is 11.1 Å². The molecule has 0 saturated carbocycles. The average molecular weight is 444 g/mol. The molecular weight excluding hydrogens is 422 g/mol. The number of imide groups is 1. The predicted molar refractivity (Wildman–Crippen MR) is 109 cm³/mol. The third-order valence-electron chi connectivity index (χ3n) is 3.66. The minimum atomic E-state index is -0.528. The minimum absolute atomic E-state index is 0.185. The molecule has 0 N–H and O–H groups in total. The van der Waals surface area contributed by atoms with E-state index in [2.05, 4.69) is 0 Å². The van der Waals surface area contributed by atoms with E-state index in [1.165, 1.54) is 7.11 Å². The van der Waals surface area contributed by atoms with Crippen molar-refractivity contribution in [2.45, 2.75) is 13.8 Å². The smallest absolute Gasteiger partial charge is 0.344 e. The van der Waals surface area contributed by atoms with Crippen LogP contribution in [0.1, 0.15) is 19.4 Å². The van der Waals surface area contributed by atoms with Crippen LogP contribution in [0, 0.1) is 0 Å². The Morgan fingerprint density at radius 2 is 1.97 bits per heavy atom. The van der Waals surface area contributed by atoms with Gasteiger partial charge >= 0.3 is 5.97 Å². The van der Waals surface area contributed by atoms with Gasteiger partial charge in [-0.15, -0.1) is 0 Å². The van der Waals surface area contributed by atoms with Crippen molar-refractivity contribution < 1.29 is 33.3 Å². The second-order valence-electron chi connectivity index (χ2n) is 5.68. The van der Waals surface area contributed by atoms with E-state index in [9.17, 15) is 14.4 Å². The first-order chi connectivity index (χ1) is 13.9. The third-order valence-corrected chi connectivity index (χ3v) is 4.85. The van der Waals surface area contributed by atoms with E-state index >= 15 is 0 Å². The zero-order valence-electron chi connectivity index (χ0n) is 16.4. The monoisotopic (exact) mass is 443 g/mol. The summed E-state index contributed by atoms with van der Waals surface area (Å²) in [5.41, 5.74) is 0.555. The van der Waals surface area contributed by atoms with Crippen molar-refractivity contribution in [3.63, 3.8) is 0 Å². The van der Waals surface area contributed by atoms with Crippen molar-refractivity contribution in [3.05, 3.63) is 27.6 Å². The van der Waals surface area contributed by atoms with Crippen molar-refractivity contribution in [1.82, 2.24) is 4.90 Å². The van der Waals surface area contributed by atoms with Crippen LogP contribution in [-0.2, 0) is 19.1 Å². The van der Waals surface area contributed by atoms with E-state index in [0.29, 0.717) is 17.9 Å². The molecule has 0 unspecified atom stereocenters. The average Bonchev–Trinajstić information content (AvgIpc) is 2.93. The number of rotatable bonds is 10. The number of benzene rings is 1. The molecule has 0 radical (unpaired) electrons. The van der Waals surface area contributed by atoms with Crippen LogP contribution < -0.4 is 9.47 Å². The lowest BCUT2D eigenvalue weighted by Crippen LogP contribution is -2.31. The summed E-state index contributed by atoms with van der Waals surface area (Å²) in [6.07, 6.45) is 1.56. The number of carbonyl (C=O) groups excluding carboxylic acids is 3. The Kier molecular flexibility index (Phi) is 8.81. The first kappa shape index (κ1) is 23.1. The standard InChI is InChI=1S/C19H22ClNO7S/c1-4-26-14-9-12(8-13(20)17(14)28-11-16(22)27-5-2)10-15-18(23)21(6-7-25-3)19(24)29-15/h8-10H,4-7,11H2,1-3H3/b15-10+. The van der Waals surface area contributed by atoms with Gasteiger partial charge in [0.1, 0.15) is 0 Å². The first-order valence-corrected chi connectivity index (χ1v) is 10.1. The number of hydrogen-bond acceptors (Lipinski definition) is 8. The number of methoxy groups -OCH3 is 1. The van der Waals surface area contributed by atoms with Gasteiger partial charge in [0.15, 0.2) is 18.1 Å². The van der Waals surface area contributed by atoms with Crippen LogP contribution in [0.5, 0.6) is 11.5 Å². The maximum absolute atomic E-state index is 12.4. The molecule has 1 aliphatic heterocycles. The summed E-state index contributed by atoms with van der Waals surface area (Å²) in [6, 6.07) is 3.19. The molecule has 8 nitrogen and oxygen atoms in total. The Hall–Kier alpha value is -2.23. The molecule has 1 fully saturated rings. The van der Waals surface area contributed by atoms with Gasteiger partial charge in [-0.1, -0.05) is 11.6 Å². The summed E-state index contributed by atoms with van der Waals surface area (Å²) in [5, 5.41) is -0.158. The molecule has 29 heavy (non-hydrogen) atoms. The second kappa shape index (κ2) is 11.1. The molecule has 1 saturated heterocycles. The van der Waals surface area contributed by atoms with Gasteiger partial charge in [-0.25, -0.2) is 4.79 Å². The summed E-state index contributed by atoms with van der Waals surface area (Å²) in [5.74, 6) is -0.408.